The molecule has 2 nitrogen and oxygen atoms in total. The monoisotopic (exact) mass is 526 g/mol. The van der Waals surface area contributed by atoms with Crippen LogP contribution in [0.2, 0.25) is 0 Å². The van der Waals surface area contributed by atoms with E-state index in [0.717, 1.165) is 32.1 Å². The topological polar surface area (TPSA) is 26.3 Å². The maximum atomic E-state index is 13.3. The van der Waals surface area contributed by atoms with E-state index in [1.807, 2.05) is 0 Å². The molecule has 0 aliphatic carbocycles. The van der Waals surface area contributed by atoms with Gasteiger partial charge in [0.05, 0.1) is 0 Å². The van der Waals surface area contributed by atoms with Crippen LogP contribution in [0.5, 0.6) is 0 Å². The molecule has 1 aromatic heterocycles. The van der Waals surface area contributed by atoms with E-state index in [-0.39, 0.29) is 11.6 Å². The number of carbonyl (C=O) groups excluding carboxylic acids is 1. The Labute approximate surface area is 238 Å². The molecule has 38 heavy (non-hydrogen) atoms. The first-order valence-corrected chi connectivity index (χ1v) is 16.6. The van der Waals surface area contributed by atoms with E-state index in [2.05, 4.69) is 66.4 Å². The molecule has 1 aromatic rings. The van der Waals surface area contributed by atoms with Crippen molar-refractivity contribution >= 4 is 12.9 Å². The molecule has 0 spiro atoms. The number of esters is 1. The SMILES string of the molecule is CCCCCCCC(C)(CCCC)Cc1cbccc1CC(=O)OC(C)(CCCCCC)CCCCCC. The Balaban J connectivity index is 2.89. The molecule has 0 N–H and O–H groups in total. The van der Waals surface area contributed by atoms with Crippen LogP contribution >= 0.6 is 0 Å². The molecule has 1 unspecified atom stereocenters. The normalized spacial score (nSPS) is 13.3. The summed E-state index contributed by atoms with van der Waals surface area (Å²) >= 11 is 0. The van der Waals surface area contributed by atoms with Crippen LogP contribution in [-0.4, -0.2) is 18.5 Å². The second-order valence-corrected chi connectivity index (χ2v) is 12.7. The minimum atomic E-state index is -0.332. The van der Waals surface area contributed by atoms with Gasteiger partial charge in [0.1, 0.15) is 0 Å². The van der Waals surface area contributed by atoms with Crippen LogP contribution in [-0.2, 0) is 22.4 Å². The van der Waals surface area contributed by atoms with Gasteiger partial charge in [-0.3, -0.25) is 0 Å². The predicted octanol–water partition coefficient (Wildman–Crippen LogP) is 10.9. The summed E-state index contributed by atoms with van der Waals surface area (Å²) in [4.78, 5) is 13.3. The molecule has 0 aliphatic heterocycles. The summed E-state index contributed by atoms with van der Waals surface area (Å²) in [5.74, 6) is 4.31. The smallest absolute Gasteiger partial charge is 0.0654 e. The molecule has 0 fully saturated rings. The number of hydrogen-bond acceptors (Lipinski definition) is 2. The summed E-state index contributed by atoms with van der Waals surface area (Å²) in [7, 11) is 0. The van der Waals surface area contributed by atoms with Crippen LogP contribution in [0.15, 0.2) is 18.0 Å². The van der Waals surface area contributed by atoms with Gasteiger partial charge in [0.15, 0.2) is 0 Å². The Morgan fingerprint density at radius 2 is 1.18 bits per heavy atom. The number of ether oxygens (including phenoxy) is 1. The molecular weight excluding hydrogens is 463 g/mol. The van der Waals surface area contributed by atoms with Crippen LogP contribution in [0, 0.1) is 5.41 Å². The van der Waals surface area contributed by atoms with E-state index in [0.29, 0.717) is 11.8 Å². The zero-order valence-corrected chi connectivity index (χ0v) is 26.5. The third-order valence-electron chi connectivity index (χ3n) is 8.57. The van der Waals surface area contributed by atoms with Gasteiger partial charge < -0.3 is 0 Å². The molecule has 0 amide bonds. The average Bonchev–Trinajstić information content (AvgIpc) is 2.89. The van der Waals surface area contributed by atoms with Crippen LogP contribution in [0.25, 0.3) is 0 Å². The van der Waals surface area contributed by atoms with Gasteiger partial charge in [0.25, 0.3) is 0 Å². The summed E-state index contributed by atoms with van der Waals surface area (Å²) in [5, 5.41) is 0. The molecule has 0 saturated carbocycles. The van der Waals surface area contributed by atoms with Crippen LogP contribution < -0.4 is 0 Å². The molecule has 3 heteroatoms. The van der Waals surface area contributed by atoms with Gasteiger partial charge in [-0.2, -0.15) is 0 Å². The van der Waals surface area contributed by atoms with Crippen LogP contribution in [0.4, 0.5) is 0 Å². The second kappa shape index (κ2) is 20.7. The molecule has 0 saturated heterocycles. The first-order chi connectivity index (χ1) is 18.3. The summed E-state index contributed by atoms with van der Waals surface area (Å²) in [6.07, 6.45) is 25.0. The molecule has 0 aliphatic rings. The predicted molar refractivity (Wildman–Crippen MR) is 168 cm³/mol. The van der Waals surface area contributed by atoms with E-state index < -0.39 is 0 Å². The molecular formula is C35H63BO2. The van der Waals surface area contributed by atoms with Crippen molar-refractivity contribution in [2.75, 3.05) is 0 Å². The standard InChI is InChI=1S/C35H63BO2/c1-7-11-15-18-19-24-34(5,23-14-10-4)29-32-30-36-27-22-31(32)28-33(37)38-35(6,25-20-16-12-8-2)26-21-17-13-9-3/h22,27,30H,7-21,23-26,28-29H2,1-6H3. The van der Waals surface area contributed by atoms with Crippen molar-refractivity contribution in [1.82, 2.24) is 0 Å². The summed E-state index contributed by atoms with van der Waals surface area (Å²) in [5.41, 5.74) is 2.49. The van der Waals surface area contributed by atoms with Gasteiger partial charge in [-0.25, -0.2) is 0 Å². The van der Waals surface area contributed by atoms with Crippen molar-refractivity contribution in [2.24, 2.45) is 5.41 Å². The average molecular weight is 527 g/mol. The van der Waals surface area contributed by atoms with Crippen LogP contribution in [0.3, 0.4) is 0 Å². The van der Waals surface area contributed by atoms with Gasteiger partial charge >= 0.3 is 225 Å². The van der Waals surface area contributed by atoms with Crippen molar-refractivity contribution in [3.8, 4) is 0 Å². The van der Waals surface area contributed by atoms with Gasteiger partial charge in [-0.05, 0) is 0 Å². The Morgan fingerprint density at radius 1 is 0.684 bits per heavy atom. The second-order valence-electron chi connectivity index (χ2n) is 12.7. The molecule has 0 radical (unpaired) electrons. The number of hydrogen-bond donors (Lipinski definition) is 0. The number of unbranched alkanes of at least 4 members (excludes halogenated alkanes) is 11. The van der Waals surface area contributed by atoms with Crippen molar-refractivity contribution in [2.45, 2.75) is 182 Å². The summed E-state index contributed by atoms with van der Waals surface area (Å²) in [6, 6.07) is 2.16. The van der Waals surface area contributed by atoms with Crippen molar-refractivity contribution in [3.63, 3.8) is 0 Å². The van der Waals surface area contributed by atoms with Crippen molar-refractivity contribution < 1.29 is 9.53 Å². The fraction of sp³-hybridized carbons (Fsp3) is 0.829. The fourth-order valence-electron chi connectivity index (χ4n) is 5.97. The van der Waals surface area contributed by atoms with Gasteiger partial charge in [-0.1, -0.05) is 13.8 Å². The van der Waals surface area contributed by atoms with E-state index in [1.165, 1.54) is 107 Å². The van der Waals surface area contributed by atoms with Crippen LogP contribution in [0.1, 0.15) is 175 Å². The molecule has 1 atom stereocenters. The number of rotatable bonds is 24. The van der Waals surface area contributed by atoms with Gasteiger partial charge in [0, 0.05) is 0 Å². The molecule has 218 valence electrons. The number of carbonyl (C=O) groups is 1. The Hall–Kier alpha value is -1.12. The quantitative estimate of drug-likeness (QED) is 0.0989. The zero-order valence-electron chi connectivity index (χ0n) is 26.5. The van der Waals surface area contributed by atoms with E-state index >= 15 is 0 Å². The first-order valence-electron chi connectivity index (χ1n) is 16.6. The third-order valence-corrected chi connectivity index (χ3v) is 8.57. The zero-order chi connectivity index (χ0) is 28.1. The van der Waals surface area contributed by atoms with E-state index in [4.69, 9.17) is 4.74 Å². The molecule has 1 heterocycles. The van der Waals surface area contributed by atoms with Gasteiger partial charge in [0.2, 0.25) is 0 Å². The van der Waals surface area contributed by atoms with Crippen molar-refractivity contribution in [3.05, 3.63) is 29.1 Å². The minimum Gasteiger partial charge on any atom is -0.0654 e. The Kier molecular flexibility index (Phi) is 19.1. The maximum absolute atomic E-state index is 13.3. The fourth-order valence-corrected chi connectivity index (χ4v) is 5.97. The Bertz CT molecular complexity index is 718. The summed E-state index contributed by atoms with van der Waals surface area (Å²) in [6.45, 7) is 15.9. The van der Waals surface area contributed by atoms with E-state index in [9.17, 15) is 4.79 Å². The third kappa shape index (κ3) is 15.5. The molecule has 0 bridgehead atoms. The molecule has 1 rings (SSSR count). The van der Waals surface area contributed by atoms with Crippen molar-refractivity contribution in [1.29, 1.82) is 0 Å². The molecule has 0 aromatic carbocycles. The van der Waals surface area contributed by atoms with Gasteiger partial charge in [-0.15, -0.1) is 0 Å². The summed E-state index contributed by atoms with van der Waals surface area (Å²) < 4.78 is 6.32. The van der Waals surface area contributed by atoms with E-state index in [1.54, 1.807) is 0 Å². The minimum absolute atomic E-state index is 0.0410. The Morgan fingerprint density at radius 3 is 1.76 bits per heavy atom. The first kappa shape index (κ1) is 34.9.